The third-order valence-corrected chi connectivity index (χ3v) is 9.64. The number of rotatable bonds is 21. The molecule has 12 heteroatoms. The molecule has 4 amide bonds. The number of Topliss-reactive ketones (excluding diaryl/α,β-unsaturated/α-hetero) is 1. The van der Waals surface area contributed by atoms with Gasteiger partial charge < -0.3 is 30.7 Å². The third-order valence-electron chi connectivity index (χ3n) is 9.64. The largest absolute Gasteiger partial charge is 0.379 e. The maximum absolute atomic E-state index is 14.1. The van der Waals surface area contributed by atoms with E-state index in [1.807, 2.05) is 93.3 Å². The zero-order valence-electron chi connectivity index (χ0n) is 32.0. The molecule has 2 saturated heterocycles. The average molecular weight is 734 g/mol. The van der Waals surface area contributed by atoms with E-state index in [4.69, 9.17) is 9.47 Å². The molecule has 0 aromatic heterocycles. The number of carbonyl (C=O) groups excluding carboxylic acids is 5. The number of ether oxygens (including phenoxy) is 2. The van der Waals surface area contributed by atoms with Crippen molar-refractivity contribution in [2.24, 2.45) is 11.8 Å². The molecular formula is C41H59N5O7. The van der Waals surface area contributed by atoms with Crippen molar-refractivity contribution in [3.05, 3.63) is 71.8 Å². The van der Waals surface area contributed by atoms with Crippen LogP contribution in [0.2, 0.25) is 0 Å². The Kier molecular flexibility index (Phi) is 16.0. The van der Waals surface area contributed by atoms with E-state index in [0.717, 1.165) is 11.1 Å². The van der Waals surface area contributed by atoms with Gasteiger partial charge in [0.05, 0.1) is 26.4 Å². The van der Waals surface area contributed by atoms with Crippen molar-refractivity contribution in [1.82, 2.24) is 26.2 Å². The lowest BCUT2D eigenvalue weighted by atomic mass is 9.94. The molecule has 2 aromatic rings. The minimum absolute atomic E-state index is 0.0265. The summed E-state index contributed by atoms with van der Waals surface area (Å²) in [7, 11) is 0. The summed E-state index contributed by atoms with van der Waals surface area (Å²) in [4.78, 5) is 70.2. The Morgan fingerprint density at radius 1 is 0.717 bits per heavy atom. The second kappa shape index (κ2) is 20.4. The Morgan fingerprint density at radius 3 is 1.85 bits per heavy atom. The lowest BCUT2D eigenvalue weighted by Crippen LogP contribution is -2.58. The van der Waals surface area contributed by atoms with Crippen LogP contribution >= 0.6 is 0 Å². The van der Waals surface area contributed by atoms with Crippen molar-refractivity contribution in [3.63, 3.8) is 0 Å². The number of nitrogens with one attached hydrogen (secondary N) is 4. The molecule has 5 unspecified atom stereocenters. The Labute approximate surface area is 314 Å². The van der Waals surface area contributed by atoms with E-state index in [1.165, 1.54) is 0 Å². The first kappa shape index (κ1) is 41.6. The second-order valence-electron chi connectivity index (χ2n) is 15.5. The highest BCUT2D eigenvalue weighted by Gasteiger charge is 2.47. The molecule has 2 heterocycles. The molecule has 0 aliphatic carbocycles. The van der Waals surface area contributed by atoms with Gasteiger partial charge in [-0.25, -0.2) is 0 Å². The highest BCUT2D eigenvalue weighted by molar-refractivity contribution is 5.95. The molecule has 5 atom stereocenters. The molecule has 2 fully saturated rings. The van der Waals surface area contributed by atoms with Gasteiger partial charge in [-0.15, -0.1) is 0 Å². The number of carbonyl (C=O) groups is 5. The van der Waals surface area contributed by atoms with Crippen molar-refractivity contribution in [2.75, 3.05) is 39.5 Å². The number of ketones is 1. The molecule has 4 rings (SSSR count). The van der Waals surface area contributed by atoms with Crippen LogP contribution in [0.5, 0.6) is 0 Å². The molecule has 290 valence electrons. The summed E-state index contributed by atoms with van der Waals surface area (Å²) >= 11 is 0. The first-order valence-electron chi connectivity index (χ1n) is 19.1. The van der Waals surface area contributed by atoms with Crippen LogP contribution in [-0.4, -0.2) is 104 Å². The summed E-state index contributed by atoms with van der Waals surface area (Å²) in [5.74, 6) is -1.48. The zero-order valence-corrected chi connectivity index (χ0v) is 32.0. The second-order valence-corrected chi connectivity index (χ2v) is 15.5. The quantitative estimate of drug-likeness (QED) is 0.143. The number of morpholine rings is 1. The van der Waals surface area contributed by atoms with Crippen molar-refractivity contribution in [1.29, 1.82) is 0 Å². The van der Waals surface area contributed by atoms with Gasteiger partial charge in [0.2, 0.25) is 23.6 Å². The fourth-order valence-corrected chi connectivity index (χ4v) is 6.51. The Morgan fingerprint density at radius 2 is 1.26 bits per heavy atom. The van der Waals surface area contributed by atoms with Gasteiger partial charge in [-0.3, -0.25) is 28.9 Å². The molecular weight excluding hydrogens is 674 g/mol. The Hall–Kier alpha value is -4.13. The van der Waals surface area contributed by atoms with Crippen molar-refractivity contribution >= 4 is 29.4 Å². The SMILES string of the molecule is CC(C)CC(CC(=O)C1(C)CO1)NC(=O)C(Cc1ccccc1)NC(=O)C(CC(C)C)NC(=O)C(CCc1ccccc1)NC(=O)CN1CCOCC1. The van der Waals surface area contributed by atoms with Crippen LogP contribution in [0.4, 0.5) is 0 Å². The molecule has 0 radical (unpaired) electrons. The molecule has 0 saturated carbocycles. The van der Waals surface area contributed by atoms with Crippen LogP contribution in [0, 0.1) is 11.8 Å². The van der Waals surface area contributed by atoms with Gasteiger partial charge in [-0.1, -0.05) is 88.4 Å². The molecule has 0 bridgehead atoms. The topological polar surface area (TPSA) is 158 Å². The van der Waals surface area contributed by atoms with Crippen LogP contribution < -0.4 is 21.3 Å². The number of aryl methyl sites for hydroxylation is 1. The van der Waals surface area contributed by atoms with Gasteiger partial charge in [-0.2, -0.15) is 0 Å². The van der Waals surface area contributed by atoms with Crippen molar-refractivity contribution < 1.29 is 33.4 Å². The zero-order chi connectivity index (χ0) is 38.4. The lowest BCUT2D eigenvalue weighted by Gasteiger charge is -2.29. The van der Waals surface area contributed by atoms with E-state index < -0.39 is 47.5 Å². The number of amides is 4. The van der Waals surface area contributed by atoms with E-state index >= 15 is 0 Å². The first-order valence-corrected chi connectivity index (χ1v) is 19.1. The summed E-state index contributed by atoms with van der Waals surface area (Å²) in [5, 5.41) is 11.8. The number of hydrogen-bond donors (Lipinski definition) is 4. The minimum Gasteiger partial charge on any atom is -0.379 e. The number of hydrogen-bond acceptors (Lipinski definition) is 8. The molecule has 12 nitrogen and oxygen atoms in total. The Bertz CT molecular complexity index is 1490. The fraction of sp³-hybridized carbons (Fsp3) is 0.585. The van der Waals surface area contributed by atoms with Crippen LogP contribution in [0.3, 0.4) is 0 Å². The minimum atomic E-state index is -0.976. The van der Waals surface area contributed by atoms with Gasteiger partial charge in [0.15, 0.2) is 5.78 Å². The molecule has 4 N–H and O–H groups in total. The summed E-state index contributed by atoms with van der Waals surface area (Å²) in [6.45, 7) is 12.6. The number of benzene rings is 2. The monoisotopic (exact) mass is 733 g/mol. The highest BCUT2D eigenvalue weighted by atomic mass is 16.6. The maximum Gasteiger partial charge on any atom is 0.243 e. The average Bonchev–Trinajstić information content (AvgIpc) is 3.88. The van der Waals surface area contributed by atoms with Crippen LogP contribution in [-0.2, 0) is 46.3 Å². The van der Waals surface area contributed by atoms with Crippen LogP contribution in [0.15, 0.2) is 60.7 Å². The predicted molar refractivity (Wildman–Crippen MR) is 203 cm³/mol. The number of nitrogens with zero attached hydrogens (tertiary/aromatic N) is 1. The molecule has 0 spiro atoms. The summed E-state index contributed by atoms with van der Waals surface area (Å²) in [6.07, 6.45) is 2.10. The van der Waals surface area contributed by atoms with Gasteiger partial charge in [-0.05, 0) is 55.6 Å². The normalized spacial score (nSPS) is 19.5. The molecule has 53 heavy (non-hydrogen) atoms. The molecule has 2 aliphatic rings. The van der Waals surface area contributed by atoms with E-state index in [1.54, 1.807) is 6.92 Å². The fourth-order valence-electron chi connectivity index (χ4n) is 6.51. The van der Waals surface area contributed by atoms with Crippen LogP contribution in [0.1, 0.15) is 71.4 Å². The van der Waals surface area contributed by atoms with Gasteiger partial charge in [0, 0.05) is 32.0 Å². The van der Waals surface area contributed by atoms with E-state index in [-0.39, 0.29) is 42.9 Å². The Balaban J connectivity index is 1.50. The van der Waals surface area contributed by atoms with Gasteiger partial charge >= 0.3 is 0 Å². The van der Waals surface area contributed by atoms with Crippen molar-refractivity contribution in [3.8, 4) is 0 Å². The van der Waals surface area contributed by atoms with Gasteiger partial charge in [0.1, 0.15) is 23.7 Å². The van der Waals surface area contributed by atoms with E-state index in [9.17, 15) is 24.0 Å². The molecule has 2 aromatic carbocycles. The lowest BCUT2D eigenvalue weighted by molar-refractivity contribution is -0.134. The number of epoxide rings is 1. The first-order chi connectivity index (χ1) is 25.3. The smallest absolute Gasteiger partial charge is 0.243 e. The predicted octanol–water partition coefficient (Wildman–Crippen LogP) is 2.97. The summed E-state index contributed by atoms with van der Waals surface area (Å²) in [6, 6.07) is 15.8. The van der Waals surface area contributed by atoms with Gasteiger partial charge in [0.25, 0.3) is 0 Å². The molecule has 2 aliphatic heterocycles. The van der Waals surface area contributed by atoms with Crippen LogP contribution in [0.25, 0.3) is 0 Å². The standard InChI is InChI=1S/C41H59N5O7/c1-28(2)22-32(25-36(47)41(5)27-53-41)42-39(50)35(24-31-14-10-7-11-15-31)45-40(51)34(23-29(3)4)44-38(49)33(17-16-30-12-8-6-9-13-30)43-37(48)26-46-18-20-52-21-19-46/h6-15,28-29,32-35H,16-27H2,1-5H3,(H,42,50)(H,43,48)(H,44,49)(H,45,51). The van der Waals surface area contributed by atoms with E-state index in [2.05, 4.69) is 21.3 Å². The maximum atomic E-state index is 14.1. The third kappa shape index (κ3) is 14.3. The van der Waals surface area contributed by atoms with E-state index in [0.29, 0.717) is 58.6 Å². The highest BCUT2D eigenvalue weighted by Crippen LogP contribution is 2.29. The summed E-state index contributed by atoms with van der Waals surface area (Å²) in [5.41, 5.74) is 1.06. The van der Waals surface area contributed by atoms with Crippen molar-refractivity contribution in [2.45, 2.75) is 103 Å². The summed E-state index contributed by atoms with van der Waals surface area (Å²) < 4.78 is 10.8.